The van der Waals surface area contributed by atoms with Crippen molar-refractivity contribution >= 4 is 5.97 Å². The number of rotatable bonds is 13. The zero-order chi connectivity index (χ0) is 23.8. The Balaban J connectivity index is 1.42. The zero-order valence-electron chi connectivity index (χ0n) is 20.2. The monoisotopic (exact) mass is 453 g/mol. The molecule has 0 amide bonds. The van der Waals surface area contributed by atoms with Gasteiger partial charge in [-0.05, 0) is 81.0 Å². The molecule has 0 fully saturated rings. The summed E-state index contributed by atoms with van der Waals surface area (Å²) in [6.45, 7) is 7.14. The molecule has 3 rings (SSSR count). The maximum Gasteiger partial charge on any atom is 0.303 e. The van der Waals surface area contributed by atoms with Crippen molar-refractivity contribution in [3.05, 3.63) is 70.8 Å². The molecule has 1 aliphatic rings. The summed E-state index contributed by atoms with van der Waals surface area (Å²) in [7, 11) is 0. The van der Waals surface area contributed by atoms with E-state index in [0.717, 1.165) is 30.4 Å². The number of nitrogens with one attached hydrogen (secondary N) is 1. The van der Waals surface area contributed by atoms with Gasteiger partial charge in [-0.1, -0.05) is 48.5 Å². The van der Waals surface area contributed by atoms with Crippen molar-refractivity contribution in [2.45, 2.75) is 77.0 Å². The van der Waals surface area contributed by atoms with Gasteiger partial charge in [0.1, 0.15) is 0 Å². The number of carbonyl (C=O) groups is 1. The average molecular weight is 454 g/mol. The van der Waals surface area contributed by atoms with Crippen LogP contribution in [0.2, 0.25) is 0 Å². The lowest BCUT2D eigenvalue weighted by molar-refractivity contribution is -0.137. The molecule has 0 heterocycles. The summed E-state index contributed by atoms with van der Waals surface area (Å²) >= 11 is 0. The minimum absolute atomic E-state index is 0.0595. The third-order valence-electron chi connectivity index (χ3n) is 6.62. The van der Waals surface area contributed by atoms with Gasteiger partial charge in [-0.3, -0.25) is 4.79 Å². The van der Waals surface area contributed by atoms with Gasteiger partial charge in [-0.2, -0.15) is 0 Å². The van der Waals surface area contributed by atoms with Crippen LogP contribution in [0.3, 0.4) is 0 Å². The second-order valence-electron chi connectivity index (χ2n) is 10.1. The number of aliphatic carboxylic acids is 1. The van der Waals surface area contributed by atoms with Crippen LogP contribution >= 0.6 is 0 Å². The molecule has 0 saturated carbocycles. The van der Waals surface area contributed by atoms with Gasteiger partial charge >= 0.3 is 5.97 Å². The predicted molar refractivity (Wildman–Crippen MR) is 131 cm³/mol. The number of β-amino-alcohol motifs (C(OH)–C–C–N with tert-alkyl or cyclic N) is 1. The number of carboxylic acids is 1. The Labute approximate surface area is 198 Å². The number of hydrogen-bond donors (Lipinski definition) is 3. The van der Waals surface area contributed by atoms with E-state index in [1.165, 1.54) is 11.1 Å². The number of hydrogen-bond acceptors (Lipinski definition) is 4. The lowest BCUT2D eigenvalue weighted by Gasteiger charge is -2.31. The van der Waals surface area contributed by atoms with Crippen molar-refractivity contribution in [2.75, 3.05) is 13.2 Å². The SMILES string of the molecule is C[C@@H](OC[C@@H](O)CNC(C)(C)CC1Cc2ccccc2C1)c1ccccc1CCCC(=O)O. The Morgan fingerprint density at radius 1 is 1.12 bits per heavy atom. The first kappa shape index (κ1) is 25.4. The molecule has 5 nitrogen and oxygen atoms in total. The van der Waals surface area contributed by atoms with E-state index >= 15 is 0 Å². The summed E-state index contributed by atoms with van der Waals surface area (Å²) in [6, 6.07) is 16.7. The first-order valence-corrected chi connectivity index (χ1v) is 12.1. The van der Waals surface area contributed by atoms with Gasteiger partial charge in [0, 0.05) is 18.5 Å². The molecule has 5 heteroatoms. The predicted octanol–water partition coefficient (Wildman–Crippen LogP) is 4.71. The molecule has 2 aromatic carbocycles. The van der Waals surface area contributed by atoms with Gasteiger partial charge in [0.05, 0.1) is 18.8 Å². The fourth-order valence-electron chi connectivity index (χ4n) is 4.97. The fourth-order valence-corrected chi connectivity index (χ4v) is 4.97. The molecule has 2 atom stereocenters. The summed E-state index contributed by atoms with van der Waals surface area (Å²) in [5.41, 5.74) is 5.06. The molecule has 180 valence electrons. The summed E-state index contributed by atoms with van der Waals surface area (Å²) in [5.74, 6) is -0.135. The van der Waals surface area contributed by atoms with Crippen LogP contribution in [0, 0.1) is 5.92 Å². The van der Waals surface area contributed by atoms with Crippen LogP contribution < -0.4 is 5.32 Å². The van der Waals surface area contributed by atoms with Crippen LogP contribution in [-0.2, 0) is 28.8 Å². The van der Waals surface area contributed by atoms with Gasteiger partial charge in [-0.15, -0.1) is 0 Å². The number of ether oxygens (including phenoxy) is 1. The second kappa shape index (κ2) is 11.8. The molecule has 1 aliphatic carbocycles. The highest BCUT2D eigenvalue weighted by molar-refractivity contribution is 5.66. The van der Waals surface area contributed by atoms with Crippen molar-refractivity contribution in [1.82, 2.24) is 5.32 Å². The number of carboxylic acid groups (broad SMARTS) is 1. The fraction of sp³-hybridized carbons (Fsp3) is 0.536. The molecule has 0 aromatic heterocycles. The van der Waals surface area contributed by atoms with E-state index in [1.807, 2.05) is 31.2 Å². The molecule has 2 aromatic rings. The van der Waals surface area contributed by atoms with Crippen molar-refractivity contribution in [3.63, 3.8) is 0 Å². The van der Waals surface area contributed by atoms with Crippen molar-refractivity contribution in [1.29, 1.82) is 0 Å². The lowest BCUT2D eigenvalue weighted by Crippen LogP contribution is -2.45. The molecule has 0 aliphatic heterocycles. The van der Waals surface area contributed by atoms with Crippen molar-refractivity contribution in [3.8, 4) is 0 Å². The molecule has 33 heavy (non-hydrogen) atoms. The van der Waals surface area contributed by atoms with Crippen LogP contribution in [0.15, 0.2) is 48.5 Å². The van der Waals surface area contributed by atoms with E-state index in [9.17, 15) is 9.90 Å². The zero-order valence-corrected chi connectivity index (χ0v) is 20.2. The number of fused-ring (bicyclic) bond motifs is 1. The summed E-state index contributed by atoms with van der Waals surface area (Å²) in [6.07, 6.45) is 4.06. The summed E-state index contributed by atoms with van der Waals surface area (Å²) < 4.78 is 5.99. The van der Waals surface area contributed by atoms with Crippen LogP contribution in [0.5, 0.6) is 0 Å². The Hall–Kier alpha value is -2.21. The molecule has 0 saturated heterocycles. The van der Waals surface area contributed by atoms with Crippen LogP contribution in [-0.4, -0.2) is 41.0 Å². The van der Waals surface area contributed by atoms with Gasteiger partial charge in [0.15, 0.2) is 0 Å². The molecule has 3 N–H and O–H groups in total. The highest BCUT2D eigenvalue weighted by Crippen LogP contribution is 2.32. The van der Waals surface area contributed by atoms with E-state index in [4.69, 9.17) is 9.84 Å². The van der Waals surface area contributed by atoms with Crippen molar-refractivity contribution in [2.24, 2.45) is 5.92 Å². The number of benzene rings is 2. The maximum atomic E-state index is 10.8. The quantitative estimate of drug-likeness (QED) is 0.410. The molecule has 0 spiro atoms. The number of aryl methyl sites for hydroxylation is 1. The lowest BCUT2D eigenvalue weighted by atomic mass is 9.88. The van der Waals surface area contributed by atoms with Crippen LogP contribution in [0.4, 0.5) is 0 Å². The first-order chi connectivity index (χ1) is 15.7. The number of aliphatic hydroxyl groups excluding tert-OH is 1. The first-order valence-electron chi connectivity index (χ1n) is 12.1. The molecule has 0 bridgehead atoms. The highest BCUT2D eigenvalue weighted by Gasteiger charge is 2.28. The highest BCUT2D eigenvalue weighted by atomic mass is 16.5. The van der Waals surface area contributed by atoms with Gasteiger partial charge in [0.2, 0.25) is 0 Å². The topological polar surface area (TPSA) is 78.8 Å². The van der Waals surface area contributed by atoms with Gasteiger partial charge in [0.25, 0.3) is 0 Å². The minimum Gasteiger partial charge on any atom is -0.481 e. The van der Waals surface area contributed by atoms with E-state index < -0.39 is 12.1 Å². The molecular weight excluding hydrogens is 414 g/mol. The van der Waals surface area contributed by atoms with Crippen molar-refractivity contribution < 1.29 is 19.7 Å². The molecule has 0 unspecified atom stereocenters. The molecular formula is C28H39NO4. The Morgan fingerprint density at radius 2 is 1.76 bits per heavy atom. The number of aliphatic hydroxyl groups is 1. The maximum absolute atomic E-state index is 10.8. The smallest absolute Gasteiger partial charge is 0.303 e. The Morgan fingerprint density at radius 3 is 2.42 bits per heavy atom. The van der Waals surface area contributed by atoms with Gasteiger partial charge in [-0.25, -0.2) is 0 Å². The second-order valence-corrected chi connectivity index (χ2v) is 10.1. The van der Waals surface area contributed by atoms with Crippen LogP contribution in [0.25, 0.3) is 0 Å². The standard InChI is InChI=1S/C28H39NO4/c1-20(26-13-7-6-9-22(26)12-8-14-27(31)32)33-19-25(30)18-29-28(2,3)17-21-15-23-10-4-5-11-24(23)16-21/h4-7,9-11,13,20-21,25,29-30H,8,12,14-19H2,1-3H3,(H,31,32)/t20-,25+/m1/s1. The molecule has 0 radical (unpaired) electrons. The van der Waals surface area contributed by atoms with E-state index in [2.05, 4.69) is 43.4 Å². The minimum atomic E-state index is -0.771. The summed E-state index contributed by atoms with van der Waals surface area (Å²) in [5, 5.41) is 23.0. The third-order valence-corrected chi connectivity index (χ3v) is 6.62. The summed E-state index contributed by atoms with van der Waals surface area (Å²) in [4.78, 5) is 10.8. The average Bonchev–Trinajstić information content (AvgIpc) is 3.17. The van der Waals surface area contributed by atoms with E-state index in [-0.39, 0.29) is 24.7 Å². The van der Waals surface area contributed by atoms with E-state index in [0.29, 0.717) is 25.3 Å². The largest absolute Gasteiger partial charge is 0.481 e. The Kier molecular flexibility index (Phi) is 9.07. The van der Waals surface area contributed by atoms with E-state index in [1.54, 1.807) is 0 Å². The normalized spacial score (nSPS) is 15.9. The van der Waals surface area contributed by atoms with Crippen LogP contribution in [0.1, 0.15) is 68.4 Å². The van der Waals surface area contributed by atoms with Gasteiger partial charge < -0.3 is 20.3 Å². The Bertz CT molecular complexity index is 885. The third kappa shape index (κ3) is 7.95.